The van der Waals surface area contributed by atoms with Gasteiger partial charge in [0.2, 0.25) is 5.91 Å². The number of piperidine rings is 1. The average Bonchev–Trinajstić information content (AvgIpc) is 2.68. The third-order valence-electron chi connectivity index (χ3n) is 5.69. The monoisotopic (exact) mass is 403 g/mol. The Labute approximate surface area is 168 Å². The van der Waals surface area contributed by atoms with E-state index in [1.807, 2.05) is 6.92 Å². The minimum Gasteiger partial charge on any atom is -0.435 e. The van der Waals surface area contributed by atoms with Gasteiger partial charge in [-0.15, -0.1) is 6.58 Å². The molecule has 0 N–H and O–H groups in total. The van der Waals surface area contributed by atoms with Crippen LogP contribution in [-0.4, -0.2) is 24.0 Å². The number of nitrogens with zero attached hydrogens (tertiary/aromatic N) is 1. The van der Waals surface area contributed by atoms with Crippen molar-refractivity contribution >= 4 is 5.91 Å². The number of hydrogen-bond acceptors (Lipinski definition) is 2. The van der Waals surface area contributed by atoms with Crippen LogP contribution >= 0.6 is 0 Å². The number of benzene rings is 2. The van der Waals surface area contributed by atoms with Crippen molar-refractivity contribution in [2.45, 2.75) is 44.3 Å². The van der Waals surface area contributed by atoms with Crippen LogP contribution in [0, 0.1) is 5.82 Å². The van der Waals surface area contributed by atoms with Crippen LogP contribution in [0.15, 0.2) is 61.2 Å². The Bertz CT molecular complexity index is 851. The molecule has 0 aromatic heterocycles. The summed E-state index contributed by atoms with van der Waals surface area (Å²) in [7, 11) is 0. The van der Waals surface area contributed by atoms with E-state index in [-0.39, 0.29) is 23.5 Å². The van der Waals surface area contributed by atoms with Crippen molar-refractivity contribution in [1.29, 1.82) is 0 Å². The molecule has 1 aliphatic rings. The van der Waals surface area contributed by atoms with Crippen molar-refractivity contribution in [3.63, 3.8) is 0 Å². The molecule has 1 fully saturated rings. The zero-order chi connectivity index (χ0) is 21.0. The zero-order valence-corrected chi connectivity index (χ0v) is 16.3. The number of likely N-dealkylation sites (tertiary alicyclic amines) is 1. The molecule has 1 aliphatic heterocycles. The van der Waals surface area contributed by atoms with Gasteiger partial charge in [0.05, 0.1) is 6.04 Å². The molecule has 1 saturated heterocycles. The maximum absolute atomic E-state index is 13.3. The molecule has 29 heavy (non-hydrogen) atoms. The van der Waals surface area contributed by atoms with E-state index < -0.39 is 12.0 Å². The van der Waals surface area contributed by atoms with E-state index in [0.29, 0.717) is 19.4 Å². The predicted molar refractivity (Wildman–Crippen MR) is 105 cm³/mol. The molecule has 3 rings (SSSR count). The summed E-state index contributed by atoms with van der Waals surface area (Å²) < 4.78 is 42.4. The van der Waals surface area contributed by atoms with Crippen LogP contribution in [0.1, 0.15) is 43.4 Å². The topological polar surface area (TPSA) is 29.5 Å². The smallest absolute Gasteiger partial charge is 0.387 e. The van der Waals surface area contributed by atoms with Crippen LogP contribution in [0.2, 0.25) is 0 Å². The Morgan fingerprint density at radius 1 is 1.17 bits per heavy atom. The van der Waals surface area contributed by atoms with Crippen LogP contribution in [0.5, 0.6) is 5.75 Å². The van der Waals surface area contributed by atoms with E-state index in [9.17, 15) is 18.0 Å². The molecule has 0 spiro atoms. The van der Waals surface area contributed by atoms with Gasteiger partial charge in [-0.1, -0.05) is 30.3 Å². The lowest BCUT2D eigenvalue weighted by Crippen LogP contribution is -2.47. The Hall–Kier alpha value is -2.76. The van der Waals surface area contributed by atoms with Gasteiger partial charge in [-0.2, -0.15) is 8.78 Å². The van der Waals surface area contributed by atoms with E-state index in [0.717, 1.165) is 17.5 Å². The molecule has 1 amide bonds. The van der Waals surface area contributed by atoms with Gasteiger partial charge in [-0.05, 0) is 55.2 Å². The second-order valence-corrected chi connectivity index (χ2v) is 7.42. The van der Waals surface area contributed by atoms with Crippen LogP contribution in [0.25, 0.3) is 0 Å². The molecule has 2 atom stereocenters. The van der Waals surface area contributed by atoms with Crippen molar-refractivity contribution in [2.24, 2.45) is 0 Å². The van der Waals surface area contributed by atoms with Crippen LogP contribution in [-0.2, 0) is 10.2 Å². The summed E-state index contributed by atoms with van der Waals surface area (Å²) >= 11 is 0. The highest BCUT2D eigenvalue weighted by molar-refractivity contribution is 5.79. The van der Waals surface area contributed by atoms with Gasteiger partial charge < -0.3 is 9.64 Å². The first-order valence-corrected chi connectivity index (χ1v) is 9.56. The Balaban J connectivity index is 1.76. The number of allylic oxidation sites excluding steroid dienone is 1. The van der Waals surface area contributed by atoms with Gasteiger partial charge >= 0.3 is 6.61 Å². The third kappa shape index (κ3) is 4.63. The fraction of sp³-hybridized carbons (Fsp3) is 0.348. The zero-order valence-electron chi connectivity index (χ0n) is 16.3. The first-order chi connectivity index (χ1) is 13.8. The highest BCUT2D eigenvalue weighted by Gasteiger charge is 2.40. The van der Waals surface area contributed by atoms with Gasteiger partial charge in [0, 0.05) is 18.4 Å². The lowest BCUT2D eigenvalue weighted by atomic mass is 9.70. The van der Waals surface area contributed by atoms with Crippen LogP contribution in [0.4, 0.5) is 13.2 Å². The molecule has 154 valence electrons. The van der Waals surface area contributed by atoms with Crippen molar-refractivity contribution < 1.29 is 22.7 Å². The molecule has 2 aromatic carbocycles. The van der Waals surface area contributed by atoms with Gasteiger partial charge in [0.1, 0.15) is 11.6 Å². The van der Waals surface area contributed by atoms with Gasteiger partial charge in [0.15, 0.2) is 0 Å². The first kappa shape index (κ1) is 21.0. The molecule has 3 nitrogen and oxygen atoms in total. The number of halogens is 3. The molecule has 0 saturated carbocycles. The number of ether oxygens (including phenoxy) is 1. The summed E-state index contributed by atoms with van der Waals surface area (Å²) in [5.74, 6) is -0.218. The van der Waals surface area contributed by atoms with Gasteiger partial charge in [0.25, 0.3) is 0 Å². The summed E-state index contributed by atoms with van der Waals surface area (Å²) in [4.78, 5) is 14.8. The SMILES string of the molecule is C=CCC1(c2ccc(F)cc2)CCN([C@@H](C)c2ccc(OC(F)F)cc2)C(=O)C1. The number of carbonyl (C=O) groups is 1. The quantitative estimate of drug-likeness (QED) is 0.561. The van der Waals surface area contributed by atoms with Crippen molar-refractivity contribution in [1.82, 2.24) is 4.90 Å². The highest BCUT2D eigenvalue weighted by atomic mass is 19.3. The lowest BCUT2D eigenvalue weighted by molar-refractivity contribution is -0.138. The normalized spacial score (nSPS) is 20.6. The van der Waals surface area contributed by atoms with E-state index in [4.69, 9.17) is 0 Å². The van der Waals surface area contributed by atoms with Crippen LogP contribution in [0.3, 0.4) is 0 Å². The maximum atomic E-state index is 13.3. The molecule has 0 aliphatic carbocycles. The summed E-state index contributed by atoms with van der Waals surface area (Å²) in [5, 5.41) is 0. The maximum Gasteiger partial charge on any atom is 0.387 e. The van der Waals surface area contributed by atoms with Crippen LogP contribution < -0.4 is 4.74 Å². The predicted octanol–water partition coefficient (Wildman–Crippen LogP) is 5.62. The van der Waals surface area contributed by atoms with E-state index >= 15 is 0 Å². The largest absolute Gasteiger partial charge is 0.435 e. The molecule has 6 heteroatoms. The average molecular weight is 403 g/mol. The van der Waals surface area contributed by atoms with E-state index in [1.54, 1.807) is 35.2 Å². The summed E-state index contributed by atoms with van der Waals surface area (Å²) in [6, 6.07) is 12.5. The lowest BCUT2D eigenvalue weighted by Gasteiger charge is -2.43. The second-order valence-electron chi connectivity index (χ2n) is 7.42. The minimum atomic E-state index is -2.87. The van der Waals surface area contributed by atoms with Crippen molar-refractivity contribution in [2.75, 3.05) is 6.54 Å². The summed E-state index contributed by atoms with van der Waals surface area (Å²) in [6.45, 7) is 3.42. The summed E-state index contributed by atoms with van der Waals surface area (Å²) in [5.41, 5.74) is 1.39. The number of rotatable bonds is 7. The Kier molecular flexibility index (Phi) is 6.30. The first-order valence-electron chi connectivity index (χ1n) is 9.56. The summed E-state index contributed by atoms with van der Waals surface area (Å²) in [6.07, 6.45) is 3.47. The minimum absolute atomic E-state index is 0.00262. The second kappa shape index (κ2) is 8.72. The molecule has 2 aromatic rings. The van der Waals surface area contributed by atoms with Crippen molar-refractivity contribution in [3.8, 4) is 5.75 Å². The van der Waals surface area contributed by atoms with E-state index in [1.165, 1.54) is 24.3 Å². The number of amides is 1. The van der Waals surface area contributed by atoms with Gasteiger partial charge in [-0.3, -0.25) is 4.79 Å². The fourth-order valence-corrected chi connectivity index (χ4v) is 4.07. The Morgan fingerprint density at radius 2 is 1.83 bits per heavy atom. The van der Waals surface area contributed by atoms with Crippen molar-refractivity contribution in [3.05, 3.63) is 78.1 Å². The highest BCUT2D eigenvalue weighted by Crippen LogP contribution is 2.41. The molecule has 1 heterocycles. The molecule has 0 bridgehead atoms. The molecule has 1 unspecified atom stereocenters. The number of alkyl halides is 2. The fourth-order valence-electron chi connectivity index (χ4n) is 4.07. The third-order valence-corrected chi connectivity index (χ3v) is 5.69. The Morgan fingerprint density at radius 3 is 2.38 bits per heavy atom. The standard InChI is InChI=1S/C23H24F3NO2/c1-3-12-23(18-6-8-19(24)9-7-18)13-14-27(21(28)15-23)16(2)17-4-10-20(11-5-17)29-22(25)26/h3-11,16,22H,1,12-15H2,2H3/t16-,23?/m0/s1. The molecular weight excluding hydrogens is 379 g/mol. The molecule has 0 radical (unpaired) electrons. The van der Waals surface area contributed by atoms with E-state index in [2.05, 4.69) is 11.3 Å². The number of carbonyl (C=O) groups excluding carboxylic acids is 1. The molecular formula is C23H24F3NO2. The number of hydrogen-bond donors (Lipinski definition) is 0. The van der Waals surface area contributed by atoms with Gasteiger partial charge in [-0.25, -0.2) is 4.39 Å².